The quantitative estimate of drug-likeness (QED) is 0.140. The Balaban J connectivity index is 2.18. The molecule has 1 aromatic heterocycles. The Kier molecular flexibility index (Phi) is 16.1. The highest BCUT2D eigenvalue weighted by Gasteiger charge is 2.33. The fourth-order valence-corrected chi connectivity index (χ4v) is 4.77. The summed E-state index contributed by atoms with van der Waals surface area (Å²) in [6.07, 6.45) is 0.993. The summed E-state index contributed by atoms with van der Waals surface area (Å²) in [6.45, 7) is 14.3. The van der Waals surface area contributed by atoms with Gasteiger partial charge in [-0.15, -0.1) is 0 Å². The highest BCUT2D eigenvalue weighted by molar-refractivity contribution is 5.90. The molecule has 0 aliphatic rings. The maximum atomic E-state index is 13.6. The molecule has 0 unspecified atom stereocenters. The number of aromatic nitrogens is 1. The molecule has 0 radical (unpaired) electrons. The Morgan fingerprint density at radius 1 is 0.771 bits per heavy atom. The van der Waals surface area contributed by atoms with E-state index in [1.165, 1.54) is 0 Å². The largest absolute Gasteiger partial charge is 0.391 e. The number of aliphatic hydroxyl groups is 2. The fraction of sp³-hybridized carbons (Fsp3) is 0.583. The molecule has 0 fully saturated rings. The van der Waals surface area contributed by atoms with Gasteiger partial charge in [-0.05, 0) is 68.7 Å². The zero-order valence-corrected chi connectivity index (χ0v) is 29.5. The number of carbonyl (C=O) groups excluding carboxylic acids is 4. The number of hydrogen-bond donors (Lipinski definition) is 6. The van der Waals surface area contributed by atoms with Crippen molar-refractivity contribution in [3.8, 4) is 0 Å². The van der Waals surface area contributed by atoms with E-state index in [1.807, 2.05) is 65.0 Å². The van der Waals surface area contributed by atoms with Crippen LogP contribution in [0.15, 0.2) is 54.9 Å². The smallest absolute Gasteiger partial charge is 0.249 e. The van der Waals surface area contributed by atoms with Gasteiger partial charge in [0.1, 0.15) is 18.2 Å². The molecule has 4 amide bonds. The third kappa shape index (κ3) is 14.1. The average Bonchev–Trinajstić information content (AvgIpc) is 3.03. The highest BCUT2D eigenvalue weighted by atomic mass is 16.5. The van der Waals surface area contributed by atoms with Crippen LogP contribution in [-0.2, 0) is 36.9 Å². The molecular formula is C36H55N5O7. The molecule has 48 heavy (non-hydrogen) atoms. The predicted molar refractivity (Wildman–Crippen MR) is 183 cm³/mol. The topological polar surface area (TPSA) is 179 Å². The molecule has 0 spiro atoms. The van der Waals surface area contributed by atoms with Crippen LogP contribution in [0.4, 0.5) is 0 Å². The van der Waals surface area contributed by atoms with E-state index >= 15 is 0 Å². The molecular weight excluding hydrogens is 614 g/mol. The van der Waals surface area contributed by atoms with Crippen molar-refractivity contribution in [3.63, 3.8) is 0 Å². The Bertz CT molecular complexity index is 1300. The average molecular weight is 670 g/mol. The van der Waals surface area contributed by atoms with Gasteiger partial charge in [-0.25, -0.2) is 0 Å². The van der Waals surface area contributed by atoms with Gasteiger partial charge < -0.3 is 36.2 Å². The van der Waals surface area contributed by atoms with Crippen LogP contribution in [0.25, 0.3) is 0 Å². The molecule has 0 saturated carbocycles. The van der Waals surface area contributed by atoms with Crippen LogP contribution in [-0.4, -0.2) is 81.4 Å². The van der Waals surface area contributed by atoms with E-state index < -0.39 is 59.6 Å². The van der Waals surface area contributed by atoms with Crippen LogP contribution in [0.5, 0.6) is 0 Å². The van der Waals surface area contributed by atoms with E-state index in [1.54, 1.807) is 45.3 Å². The third-order valence-corrected chi connectivity index (χ3v) is 7.81. The normalized spacial score (nSPS) is 15.5. The number of ether oxygens (including phenoxy) is 1. The lowest BCUT2D eigenvalue weighted by atomic mass is 9.92. The number of nitrogens with one attached hydrogen (secondary N) is 4. The second-order valence-electron chi connectivity index (χ2n) is 14.0. The maximum absolute atomic E-state index is 13.6. The van der Waals surface area contributed by atoms with Crippen molar-refractivity contribution in [1.82, 2.24) is 26.3 Å². The van der Waals surface area contributed by atoms with E-state index in [0.29, 0.717) is 0 Å². The standard InChI is InChI=1S/C36H55N5O7/c1-22(2)30(34(46)38-20-26-14-16-37-17-15-26)41-32(44)24(5)18-29(42)27(19-25-12-10-9-11-13-25)39-33(45)28(21-48-36(6,7)8)40-35(47)31(43)23(3)4/h9-17,22-24,27-31,42-43H,18-21H2,1-8H3,(H,38,46)(H,39,45)(H,40,47)(H,41,44)/t24-,27+,28+,29+,30+,31+/m1/s1. The van der Waals surface area contributed by atoms with E-state index in [2.05, 4.69) is 26.3 Å². The van der Waals surface area contributed by atoms with Gasteiger partial charge in [0.15, 0.2) is 0 Å². The Hall–Kier alpha value is -3.87. The van der Waals surface area contributed by atoms with Crippen molar-refractivity contribution in [1.29, 1.82) is 0 Å². The number of nitrogens with zero attached hydrogens (tertiary/aromatic N) is 1. The number of carbonyl (C=O) groups is 4. The minimum Gasteiger partial charge on any atom is -0.391 e. The molecule has 6 N–H and O–H groups in total. The number of hydrogen-bond acceptors (Lipinski definition) is 8. The highest BCUT2D eigenvalue weighted by Crippen LogP contribution is 2.16. The lowest BCUT2D eigenvalue weighted by Crippen LogP contribution is -2.57. The zero-order valence-electron chi connectivity index (χ0n) is 29.5. The van der Waals surface area contributed by atoms with Gasteiger partial charge in [-0.1, -0.05) is 65.0 Å². The fourth-order valence-electron chi connectivity index (χ4n) is 4.77. The second kappa shape index (κ2) is 19.2. The Morgan fingerprint density at radius 3 is 1.96 bits per heavy atom. The van der Waals surface area contributed by atoms with Gasteiger partial charge in [-0.3, -0.25) is 24.2 Å². The first kappa shape index (κ1) is 40.3. The first-order chi connectivity index (χ1) is 22.5. The first-order valence-corrected chi connectivity index (χ1v) is 16.6. The number of rotatable bonds is 18. The van der Waals surface area contributed by atoms with E-state index in [4.69, 9.17) is 4.74 Å². The van der Waals surface area contributed by atoms with Gasteiger partial charge in [0.2, 0.25) is 23.6 Å². The molecule has 2 aromatic rings. The van der Waals surface area contributed by atoms with E-state index in [9.17, 15) is 29.4 Å². The summed E-state index contributed by atoms with van der Waals surface area (Å²) in [6, 6.07) is 10.0. The summed E-state index contributed by atoms with van der Waals surface area (Å²) in [7, 11) is 0. The van der Waals surface area contributed by atoms with Crippen molar-refractivity contribution in [2.75, 3.05) is 6.61 Å². The molecule has 0 aliphatic heterocycles. The summed E-state index contributed by atoms with van der Waals surface area (Å²) in [5.74, 6) is -3.35. The van der Waals surface area contributed by atoms with E-state index in [0.717, 1.165) is 11.1 Å². The van der Waals surface area contributed by atoms with Gasteiger partial charge in [0, 0.05) is 24.9 Å². The maximum Gasteiger partial charge on any atom is 0.249 e. The van der Waals surface area contributed by atoms with Crippen LogP contribution >= 0.6 is 0 Å². The summed E-state index contributed by atoms with van der Waals surface area (Å²) < 4.78 is 5.82. The number of aliphatic hydroxyl groups excluding tert-OH is 2. The predicted octanol–water partition coefficient (Wildman–Crippen LogP) is 2.27. The molecule has 6 atom stereocenters. The second-order valence-corrected chi connectivity index (χ2v) is 14.0. The van der Waals surface area contributed by atoms with Crippen molar-refractivity contribution >= 4 is 23.6 Å². The molecule has 0 aliphatic carbocycles. The molecule has 2 rings (SSSR count). The lowest BCUT2D eigenvalue weighted by molar-refractivity contribution is -0.138. The van der Waals surface area contributed by atoms with Crippen LogP contribution in [0.3, 0.4) is 0 Å². The van der Waals surface area contributed by atoms with Crippen molar-refractivity contribution in [3.05, 3.63) is 66.0 Å². The summed E-state index contributed by atoms with van der Waals surface area (Å²) in [4.78, 5) is 56.7. The van der Waals surface area contributed by atoms with Crippen LogP contribution in [0.1, 0.15) is 72.9 Å². The molecule has 12 nitrogen and oxygen atoms in total. The van der Waals surface area contributed by atoms with Crippen LogP contribution in [0, 0.1) is 17.8 Å². The monoisotopic (exact) mass is 669 g/mol. The summed E-state index contributed by atoms with van der Waals surface area (Å²) >= 11 is 0. The minimum absolute atomic E-state index is 0.0192. The van der Waals surface area contributed by atoms with E-state index in [-0.39, 0.29) is 43.7 Å². The first-order valence-electron chi connectivity index (χ1n) is 16.6. The third-order valence-electron chi connectivity index (χ3n) is 7.81. The Labute approximate surface area is 284 Å². The minimum atomic E-state index is -1.33. The van der Waals surface area contributed by atoms with Crippen molar-refractivity contribution in [2.45, 2.75) is 111 Å². The van der Waals surface area contributed by atoms with Crippen LogP contribution in [0.2, 0.25) is 0 Å². The summed E-state index contributed by atoms with van der Waals surface area (Å²) in [5, 5.41) is 32.9. The number of amides is 4. The summed E-state index contributed by atoms with van der Waals surface area (Å²) in [5.41, 5.74) is 1.10. The molecule has 266 valence electrons. The van der Waals surface area contributed by atoms with Gasteiger partial charge in [0.05, 0.1) is 24.4 Å². The van der Waals surface area contributed by atoms with Gasteiger partial charge in [0.25, 0.3) is 0 Å². The zero-order chi connectivity index (χ0) is 36.0. The number of benzene rings is 1. The lowest BCUT2D eigenvalue weighted by Gasteiger charge is -2.30. The molecule has 1 heterocycles. The Morgan fingerprint density at radius 2 is 1.40 bits per heavy atom. The molecule has 1 aromatic carbocycles. The van der Waals surface area contributed by atoms with Gasteiger partial charge in [-0.2, -0.15) is 0 Å². The van der Waals surface area contributed by atoms with Crippen molar-refractivity contribution < 1.29 is 34.1 Å². The van der Waals surface area contributed by atoms with Gasteiger partial charge >= 0.3 is 0 Å². The molecule has 0 saturated heterocycles. The SMILES string of the molecule is CC(C)[C@H](O)C(=O)N[C@@H](COC(C)(C)C)C(=O)N[C@@H](Cc1ccccc1)[C@@H](O)C[C@@H](C)C(=O)N[C@H](C(=O)NCc1ccncc1)C(C)C. The van der Waals surface area contributed by atoms with Crippen molar-refractivity contribution in [2.24, 2.45) is 17.8 Å². The number of pyridine rings is 1. The molecule has 0 bridgehead atoms. The van der Waals surface area contributed by atoms with Crippen LogP contribution < -0.4 is 21.3 Å². The molecule has 12 heteroatoms.